The molecule has 6 nitrogen and oxygen atoms in total. The smallest absolute Gasteiger partial charge is 0.410 e. The molecule has 0 aromatic heterocycles. The zero-order valence-corrected chi connectivity index (χ0v) is 16.3. The van der Waals surface area contributed by atoms with E-state index in [-0.39, 0.29) is 30.6 Å². The highest BCUT2D eigenvalue weighted by atomic mass is 35.5. The average Bonchev–Trinajstić information content (AvgIpc) is 2.58. The number of carbonyl (C=O) groups excluding carboxylic acids is 1. The van der Waals surface area contributed by atoms with Crippen molar-refractivity contribution < 1.29 is 27.6 Å². The topological polar surface area (TPSA) is 72.7 Å². The average molecular weight is 421 g/mol. The normalized spacial score (nSPS) is 16.4. The molecule has 28 heavy (non-hydrogen) atoms. The van der Waals surface area contributed by atoms with Crippen LogP contribution in [-0.2, 0) is 4.74 Å². The summed E-state index contributed by atoms with van der Waals surface area (Å²) in [6, 6.07) is 3.25. The van der Waals surface area contributed by atoms with E-state index in [9.17, 15) is 28.1 Å². The van der Waals surface area contributed by atoms with Crippen LogP contribution in [0.1, 0.15) is 43.7 Å². The van der Waals surface area contributed by atoms with Crippen LogP contribution in [-0.4, -0.2) is 40.8 Å². The Morgan fingerprint density at radius 1 is 1.32 bits per heavy atom. The van der Waals surface area contributed by atoms with E-state index >= 15 is 0 Å². The maximum Gasteiger partial charge on any atom is 0.410 e. The molecule has 0 saturated heterocycles. The molecule has 0 N–H and O–H groups in total. The standard InChI is InChI=1S/C18H20ClF3N2O4/c1-17(2,3)28-16(25)23-8-6-11(7-9-23)13-5-4-12(24(26)27)10-14(13)15(19)18(20,21)22/h4-6,10,15H,7-9H2,1-3H3. The van der Waals surface area contributed by atoms with Gasteiger partial charge in [-0.3, -0.25) is 10.1 Å². The molecule has 0 bridgehead atoms. The molecule has 154 valence electrons. The Bertz CT molecular complexity index is 803. The van der Waals surface area contributed by atoms with E-state index in [2.05, 4.69) is 0 Å². The Morgan fingerprint density at radius 2 is 1.96 bits per heavy atom. The first-order chi connectivity index (χ1) is 12.8. The van der Waals surface area contributed by atoms with Gasteiger partial charge in [0.25, 0.3) is 5.69 Å². The number of nitrogens with zero attached hydrogens (tertiary/aromatic N) is 2. The van der Waals surface area contributed by atoms with E-state index < -0.39 is 33.9 Å². The van der Waals surface area contributed by atoms with Crippen LogP contribution < -0.4 is 0 Å². The number of halogens is 4. The number of non-ortho nitro benzene ring substituents is 1. The highest BCUT2D eigenvalue weighted by Gasteiger charge is 2.41. The minimum absolute atomic E-state index is 0.152. The number of hydrogen-bond acceptors (Lipinski definition) is 4. The number of nitro benzene ring substituents is 1. The molecule has 1 aliphatic rings. The molecule has 10 heteroatoms. The molecular weight excluding hydrogens is 401 g/mol. The summed E-state index contributed by atoms with van der Waals surface area (Å²) in [6.45, 7) is 5.60. The number of carbonyl (C=O) groups is 1. The molecule has 1 unspecified atom stereocenters. The van der Waals surface area contributed by atoms with Crippen LogP contribution >= 0.6 is 11.6 Å². The van der Waals surface area contributed by atoms with E-state index in [1.165, 1.54) is 11.0 Å². The van der Waals surface area contributed by atoms with Crippen LogP contribution in [0.15, 0.2) is 24.3 Å². The van der Waals surface area contributed by atoms with Crippen molar-refractivity contribution in [1.29, 1.82) is 0 Å². The number of benzene rings is 1. The predicted molar refractivity (Wildman–Crippen MR) is 98.1 cm³/mol. The lowest BCUT2D eigenvalue weighted by Crippen LogP contribution is -2.39. The van der Waals surface area contributed by atoms with Crippen molar-refractivity contribution in [3.8, 4) is 0 Å². The number of hydrogen-bond donors (Lipinski definition) is 0. The third kappa shape index (κ3) is 5.37. The van der Waals surface area contributed by atoms with Gasteiger partial charge in [0.2, 0.25) is 0 Å². The van der Waals surface area contributed by atoms with Gasteiger partial charge in [-0.25, -0.2) is 4.79 Å². The van der Waals surface area contributed by atoms with Crippen LogP contribution in [0.3, 0.4) is 0 Å². The zero-order chi connectivity index (χ0) is 21.3. The molecule has 0 radical (unpaired) electrons. The summed E-state index contributed by atoms with van der Waals surface area (Å²) < 4.78 is 44.7. The lowest BCUT2D eigenvalue weighted by atomic mass is 9.92. The van der Waals surface area contributed by atoms with Gasteiger partial charge in [-0.2, -0.15) is 13.2 Å². The number of rotatable bonds is 3. The van der Waals surface area contributed by atoms with Crippen LogP contribution in [0.4, 0.5) is 23.7 Å². The number of nitro groups is 1. The fourth-order valence-electron chi connectivity index (χ4n) is 2.75. The van der Waals surface area contributed by atoms with Crippen molar-refractivity contribution in [2.45, 2.75) is 44.3 Å². The van der Waals surface area contributed by atoms with Gasteiger partial charge >= 0.3 is 12.3 Å². The van der Waals surface area contributed by atoms with Crippen molar-refractivity contribution in [2.24, 2.45) is 0 Å². The van der Waals surface area contributed by atoms with Crippen LogP contribution in [0, 0.1) is 10.1 Å². The quantitative estimate of drug-likeness (QED) is 0.369. The summed E-state index contributed by atoms with van der Waals surface area (Å²) in [4.78, 5) is 23.7. The highest BCUT2D eigenvalue weighted by Crippen LogP contribution is 2.43. The Labute approximate surface area is 165 Å². The second-order valence-corrected chi connectivity index (χ2v) is 7.77. The Hall–Kier alpha value is -2.29. The second kappa shape index (κ2) is 7.98. The number of amides is 1. The van der Waals surface area contributed by atoms with E-state index in [4.69, 9.17) is 16.3 Å². The highest BCUT2D eigenvalue weighted by molar-refractivity contribution is 6.21. The fourth-order valence-corrected chi connectivity index (χ4v) is 2.93. The molecule has 1 aliphatic heterocycles. The molecule has 1 atom stereocenters. The van der Waals surface area contributed by atoms with Gasteiger partial charge in [0.1, 0.15) is 5.60 Å². The molecule has 0 saturated carbocycles. The van der Waals surface area contributed by atoms with Gasteiger partial charge in [-0.05, 0) is 50.0 Å². The Kier molecular flexibility index (Phi) is 6.27. The van der Waals surface area contributed by atoms with Crippen LogP contribution in [0.5, 0.6) is 0 Å². The third-order valence-corrected chi connectivity index (χ3v) is 4.50. The Balaban J connectivity index is 2.32. The van der Waals surface area contributed by atoms with E-state index in [0.29, 0.717) is 5.57 Å². The summed E-state index contributed by atoms with van der Waals surface area (Å²) >= 11 is 5.58. The summed E-state index contributed by atoms with van der Waals surface area (Å²) in [5.74, 6) is 0. The number of alkyl halides is 4. The van der Waals surface area contributed by atoms with Crippen molar-refractivity contribution in [1.82, 2.24) is 4.90 Å². The largest absolute Gasteiger partial charge is 0.444 e. The molecule has 0 aliphatic carbocycles. The SMILES string of the molecule is CC(C)(C)OC(=O)N1CC=C(c2ccc([N+](=O)[O-])cc2C(Cl)C(F)(F)F)CC1. The van der Waals surface area contributed by atoms with Gasteiger partial charge in [-0.1, -0.05) is 6.08 Å². The lowest BCUT2D eigenvalue weighted by Gasteiger charge is -2.30. The molecule has 1 aromatic rings. The van der Waals surface area contributed by atoms with Gasteiger partial charge in [0.15, 0.2) is 5.38 Å². The second-order valence-electron chi connectivity index (χ2n) is 7.34. The van der Waals surface area contributed by atoms with Crippen molar-refractivity contribution in [3.05, 3.63) is 45.5 Å². The summed E-state index contributed by atoms with van der Waals surface area (Å²) in [5.41, 5.74) is -0.780. The first-order valence-electron chi connectivity index (χ1n) is 8.46. The lowest BCUT2D eigenvalue weighted by molar-refractivity contribution is -0.384. The molecule has 1 heterocycles. The Morgan fingerprint density at radius 3 is 2.43 bits per heavy atom. The van der Waals surface area contributed by atoms with Gasteiger partial charge < -0.3 is 9.64 Å². The number of ether oxygens (including phenoxy) is 1. The van der Waals surface area contributed by atoms with Crippen molar-refractivity contribution >= 4 is 29.0 Å². The van der Waals surface area contributed by atoms with Gasteiger partial charge in [0.05, 0.1) is 4.92 Å². The van der Waals surface area contributed by atoms with Crippen molar-refractivity contribution in [2.75, 3.05) is 13.1 Å². The minimum atomic E-state index is -4.76. The first kappa shape index (κ1) is 22.0. The van der Waals surface area contributed by atoms with Gasteiger partial charge in [0, 0.05) is 25.2 Å². The van der Waals surface area contributed by atoms with E-state index in [0.717, 1.165) is 12.1 Å². The maximum atomic E-state index is 13.1. The zero-order valence-electron chi connectivity index (χ0n) is 15.5. The van der Waals surface area contributed by atoms with Crippen molar-refractivity contribution in [3.63, 3.8) is 0 Å². The fraction of sp³-hybridized carbons (Fsp3) is 0.500. The van der Waals surface area contributed by atoms with E-state index in [1.807, 2.05) is 0 Å². The molecule has 0 fully saturated rings. The molecule has 1 amide bonds. The minimum Gasteiger partial charge on any atom is -0.444 e. The monoisotopic (exact) mass is 420 g/mol. The first-order valence-corrected chi connectivity index (χ1v) is 8.89. The summed E-state index contributed by atoms with van der Waals surface area (Å²) in [7, 11) is 0. The summed E-state index contributed by atoms with van der Waals surface area (Å²) in [6.07, 6.45) is -3.40. The van der Waals surface area contributed by atoms with E-state index in [1.54, 1.807) is 26.8 Å². The third-order valence-electron chi connectivity index (χ3n) is 4.01. The van der Waals surface area contributed by atoms with Gasteiger partial charge in [-0.15, -0.1) is 11.6 Å². The predicted octanol–water partition coefficient (Wildman–Crippen LogP) is 5.46. The summed E-state index contributed by atoms with van der Waals surface area (Å²) in [5, 5.41) is 8.57. The molecular formula is C18H20ClF3N2O4. The van der Waals surface area contributed by atoms with Crippen LogP contribution in [0.2, 0.25) is 0 Å². The maximum absolute atomic E-state index is 13.1. The molecule has 0 spiro atoms. The molecule has 1 aromatic carbocycles. The van der Waals surface area contributed by atoms with Crippen LogP contribution in [0.25, 0.3) is 5.57 Å². The molecule has 2 rings (SSSR count).